The van der Waals surface area contributed by atoms with Crippen LogP contribution in [0.2, 0.25) is 0 Å². The number of rotatable bonds is 5. The number of piperidine rings is 1. The van der Waals surface area contributed by atoms with Crippen LogP contribution in [0.4, 0.5) is 18.0 Å². The number of amides is 2. The molecular formula is C24H29F3N2O3. The maximum atomic E-state index is 14.8. The number of ether oxygens (including phenoxy) is 1. The van der Waals surface area contributed by atoms with Crippen molar-refractivity contribution in [2.75, 3.05) is 6.54 Å². The van der Waals surface area contributed by atoms with Gasteiger partial charge in [0.2, 0.25) is 5.91 Å². The van der Waals surface area contributed by atoms with Gasteiger partial charge < -0.3 is 15.0 Å². The Kier molecular flexibility index (Phi) is 7.31. The molecular weight excluding hydrogens is 421 g/mol. The normalized spacial score (nSPS) is 24.0. The molecule has 0 aromatic heterocycles. The molecule has 3 atom stereocenters. The molecule has 1 aromatic rings. The molecule has 0 radical (unpaired) electrons. The molecule has 3 rings (SSSR count). The molecule has 1 saturated heterocycles. The predicted molar refractivity (Wildman–Crippen MR) is 114 cm³/mol. The molecule has 1 aliphatic carbocycles. The van der Waals surface area contributed by atoms with Gasteiger partial charge in [0.25, 0.3) is 0 Å². The number of halogens is 3. The third-order valence-electron chi connectivity index (χ3n) is 5.65. The standard InChI is InChI=1S/C24H29F3N2O3/c1-24(2,3)32-23(31)28-20-10-11-21(30)29(13-12-15-6-4-5-7-18(15)26)22(20)17-14-16(25)8-9-19(17)27/h4-9,17,20,22H,10-14H2,1-3H3,(H,28,31)/t17?,20?,22-/m1/s1. The van der Waals surface area contributed by atoms with E-state index in [1.165, 1.54) is 11.0 Å². The fourth-order valence-electron chi connectivity index (χ4n) is 4.26. The lowest BCUT2D eigenvalue weighted by atomic mass is 9.81. The zero-order valence-corrected chi connectivity index (χ0v) is 18.5. The van der Waals surface area contributed by atoms with E-state index in [4.69, 9.17) is 4.74 Å². The third-order valence-corrected chi connectivity index (χ3v) is 5.65. The van der Waals surface area contributed by atoms with Crippen molar-refractivity contribution in [2.45, 2.75) is 64.1 Å². The van der Waals surface area contributed by atoms with Crippen LogP contribution in [0.25, 0.3) is 0 Å². The number of allylic oxidation sites excluding steroid dienone is 3. The minimum absolute atomic E-state index is 0.117. The molecule has 2 unspecified atom stereocenters. The van der Waals surface area contributed by atoms with E-state index in [1.54, 1.807) is 39.0 Å². The fourth-order valence-corrected chi connectivity index (χ4v) is 4.26. The molecule has 1 fully saturated rings. The molecule has 1 N–H and O–H groups in total. The maximum Gasteiger partial charge on any atom is 0.407 e. The van der Waals surface area contributed by atoms with Crippen LogP contribution < -0.4 is 5.32 Å². The number of hydrogen-bond donors (Lipinski definition) is 1. The van der Waals surface area contributed by atoms with Gasteiger partial charge in [0.05, 0.1) is 12.1 Å². The molecule has 1 heterocycles. The Balaban J connectivity index is 1.87. The first-order chi connectivity index (χ1) is 15.0. The van der Waals surface area contributed by atoms with Crippen molar-refractivity contribution >= 4 is 12.0 Å². The maximum absolute atomic E-state index is 14.8. The van der Waals surface area contributed by atoms with Crippen molar-refractivity contribution < 1.29 is 27.5 Å². The second-order valence-corrected chi connectivity index (χ2v) is 9.19. The van der Waals surface area contributed by atoms with Crippen LogP contribution in [0, 0.1) is 11.7 Å². The van der Waals surface area contributed by atoms with E-state index in [9.17, 15) is 22.8 Å². The average molecular weight is 451 g/mol. The topological polar surface area (TPSA) is 58.6 Å². The van der Waals surface area contributed by atoms with Gasteiger partial charge in [-0.05, 0) is 57.4 Å². The highest BCUT2D eigenvalue weighted by atomic mass is 19.1. The minimum Gasteiger partial charge on any atom is -0.444 e. The molecule has 5 nitrogen and oxygen atoms in total. The Morgan fingerprint density at radius 2 is 1.91 bits per heavy atom. The summed E-state index contributed by atoms with van der Waals surface area (Å²) < 4.78 is 48.4. The largest absolute Gasteiger partial charge is 0.444 e. The number of likely N-dealkylation sites (tertiary alicyclic amines) is 1. The molecule has 8 heteroatoms. The highest BCUT2D eigenvalue weighted by Crippen LogP contribution is 2.37. The Labute approximate surface area is 186 Å². The summed E-state index contributed by atoms with van der Waals surface area (Å²) in [7, 11) is 0. The van der Waals surface area contributed by atoms with E-state index < -0.39 is 47.2 Å². The van der Waals surface area contributed by atoms with Gasteiger partial charge in [-0.3, -0.25) is 4.79 Å². The molecule has 1 aliphatic heterocycles. The average Bonchev–Trinajstić information content (AvgIpc) is 2.70. The smallest absolute Gasteiger partial charge is 0.407 e. The first kappa shape index (κ1) is 23.9. The number of nitrogens with one attached hydrogen (secondary N) is 1. The van der Waals surface area contributed by atoms with Gasteiger partial charge in [0.1, 0.15) is 23.1 Å². The van der Waals surface area contributed by atoms with Crippen LogP contribution in [0.5, 0.6) is 0 Å². The fraction of sp³-hybridized carbons (Fsp3) is 0.500. The zero-order chi connectivity index (χ0) is 23.5. The van der Waals surface area contributed by atoms with E-state index >= 15 is 0 Å². The quantitative estimate of drug-likeness (QED) is 0.689. The second kappa shape index (κ2) is 9.79. The van der Waals surface area contributed by atoms with Crippen LogP contribution in [0.3, 0.4) is 0 Å². The van der Waals surface area contributed by atoms with Crippen LogP contribution in [0.1, 0.15) is 45.6 Å². The Bertz CT molecular complexity index is 923. The first-order valence-corrected chi connectivity index (χ1v) is 10.8. The van der Waals surface area contributed by atoms with Crippen LogP contribution >= 0.6 is 0 Å². The predicted octanol–water partition coefficient (Wildman–Crippen LogP) is 4.98. The lowest BCUT2D eigenvalue weighted by Crippen LogP contribution is -2.61. The summed E-state index contributed by atoms with van der Waals surface area (Å²) in [5, 5.41) is 2.75. The number of carbonyl (C=O) groups excluding carboxylic acids is 2. The molecule has 2 amide bonds. The van der Waals surface area contributed by atoms with Gasteiger partial charge in [-0.25, -0.2) is 18.0 Å². The molecule has 2 aliphatic rings. The summed E-state index contributed by atoms with van der Waals surface area (Å²) in [6.45, 7) is 5.28. The van der Waals surface area contributed by atoms with Gasteiger partial charge in [-0.1, -0.05) is 18.2 Å². The number of benzene rings is 1. The Morgan fingerprint density at radius 3 is 2.59 bits per heavy atom. The zero-order valence-electron chi connectivity index (χ0n) is 18.5. The number of nitrogens with zero attached hydrogens (tertiary/aromatic N) is 1. The molecule has 32 heavy (non-hydrogen) atoms. The SMILES string of the molecule is CC(C)(C)OC(=O)NC1CCC(=O)N(CCc2ccccc2F)[C@@H]1C1CC(F)=CC=C1F. The summed E-state index contributed by atoms with van der Waals surface area (Å²) >= 11 is 0. The monoisotopic (exact) mass is 450 g/mol. The lowest BCUT2D eigenvalue weighted by Gasteiger charge is -2.45. The molecule has 174 valence electrons. The van der Waals surface area contributed by atoms with Gasteiger partial charge in [-0.15, -0.1) is 0 Å². The van der Waals surface area contributed by atoms with Crippen molar-refractivity contribution in [3.05, 3.63) is 59.5 Å². The first-order valence-electron chi connectivity index (χ1n) is 10.8. The van der Waals surface area contributed by atoms with E-state index in [0.29, 0.717) is 5.56 Å². The van der Waals surface area contributed by atoms with E-state index in [2.05, 4.69) is 5.32 Å². The Morgan fingerprint density at radius 1 is 1.19 bits per heavy atom. The summed E-state index contributed by atoms with van der Waals surface area (Å²) in [5.74, 6) is -2.65. The van der Waals surface area contributed by atoms with Crippen molar-refractivity contribution in [3.63, 3.8) is 0 Å². The summed E-state index contributed by atoms with van der Waals surface area (Å²) in [6, 6.07) is 4.76. The number of carbonyl (C=O) groups is 2. The summed E-state index contributed by atoms with van der Waals surface area (Å²) in [6.07, 6.45) is 1.83. The number of hydrogen-bond acceptors (Lipinski definition) is 3. The van der Waals surface area contributed by atoms with E-state index in [0.717, 1.165) is 12.2 Å². The van der Waals surface area contributed by atoms with Gasteiger partial charge >= 0.3 is 6.09 Å². The molecule has 0 bridgehead atoms. The summed E-state index contributed by atoms with van der Waals surface area (Å²) in [4.78, 5) is 26.7. The van der Waals surface area contributed by atoms with Crippen molar-refractivity contribution in [2.24, 2.45) is 5.92 Å². The summed E-state index contributed by atoms with van der Waals surface area (Å²) in [5.41, 5.74) is -0.314. The third kappa shape index (κ3) is 5.93. The van der Waals surface area contributed by atoms with E-state index in [1.807, 2.05) is 0 Å². The second-order valence-electron chi connectivity index (χ2n) is 9.19. The molecule has 0 spiro atoms. The van der Waals surface area contributed by atoms with Gasteiger partial charge in [0, 0.05) is 25.3 Å². The molecule has 1 aromatic carbocycles. The van der Waals surface area contributed by atoms with Crippen molar-refractivity contribution in [1.29, 1.82) is 0 Å². The Hall–Kier alpha value is -2.77. The highest BCUT2D eigenvalue weighted by Gasteiger charge is 2.44. The van der Waals surface area contributed by atoms with Crippen LogP contribution in [0.15, 0.2) is 48.1 Å². The van der Waals surface area contributed by atoms with Crippen LogP contribution in [-0.4, -0.2) is 41.1 Å². The van der Waals surface area contributed by atoms with Crippen LogP contribution in [-0.2, 0) is 16.0 Å². The highest BCUT2D eigenvalue weighted by molar-refractivity contribution is 5.78. The minimum atomic E-state index is -0.954. The van der Waals surface area contributed by atoms with Crippen molar-refractivity contribution in [1.82, 2.24) is 10.2 Å². The van der Waals surface area contributed by atoms with E-state index in [-0.39, 0.29) is 38.1 Å². The van der Waals surface area contributed by atoms with Crippen molar-refractivity contribution in [3.8, 4) is 0 Å². The number of alkyl carbamates (subject to hydrolysis) is 1. The molecule has 0 saturated carbocycles. The lowest BCUT2D eigenvalue weighted by molar-refractivity contribution is -0.139. The van der Waals surface area contributed by atoms with Gasteiger partial charge in [0.15, 0.2) is 0 Å². The van der Waals surface area contributed by atoms with Gasteiger partial charge in [-0.2, -0.15) is 0 Å².